The van der Waals surface area contributed by atoms with Crippen LogP contribution in [0.3, 0.4) is 0 Å². The first-order valence-corrected chi connectivity index (χ1v) is 10.5. The number of hydrogen-bond acceptors (Lipinski definition) is 8. The highest BCUT2D eigenvalue weighted by atomic mass is 32.2. The number of thioether (sulfide) groups is 1. The Balaban J connectivity index is 1.96. The van der Waals surface area contributed by atoms with Crippen molar-refractivity contribution < 1.29 is 14.5 Å². The molecule has 1 aliphatic rings. The summed E-state index contributed by atoms with van der Waals surface area (Å²) in [6.07, 6.45) is 4.99. The van der Waals surface area contributed by atoms with E-state index in [2.05, 4.69) is 10.3 Å². The molecule has 1 aromatic heterocycles. The van der Waals surface area contributed by atoms with Crippen molar-refractivity contribution in [2.24, 2.45) is 10.9 Å². The summed E-state index contributed by atoms with van der Waals surface area (Å²) in [7, 11) is 0. The Morgan fingerprint density at radius 2 is 2.07 bits per heavy atom. The number of pyridine rings is 1. The van der Waals surface area contributed by atoms with Crippen LogP contribution in [0.25, 0.3) is 0 Å². The molecular formula is C21H24N4O4S. The fourth-order valence-electron chi connectivity index (χ4n) is 3.66. The molecule has 3 unspecified atom stereocenters. The highest BCUT2D eigenvalue weighted by Crippen LogP contribution is 2.43. The lowest BCUT2D eigenvalue weighted by Gasteiger charge is -2.41. The molecule has 0 bridgehead atoms. The van der Waals surface area contributed by atoms with Crippen molar-refractivity contribution >= 4 is 29.8 Å². The quantitative estimate of drug-likeness (QED) is 0.389. The molecule has 9 heteroatoms. The minimum absolute atomic E-state index is 0.0196. The number of nitrogens with zero attached hydrogens (tertiary/aromatic N) is 3. The van der Waals surface area contributed by atoms with E-state index in [9.17, 15) is 14.9 Å². The molecule has 0 aliphatic carbocycles. The molecule has 0 radical (unpaired) electrons. The van der Waals surface area contributed by atoms with Crippen LogP contribution >= 0.6 is 11.8 Å². The maximum Gasteiger partial charge on any atom is 0.303 e. The smallest absolute Gasteiger partial charge is 0.303 e. The number of carbonyl (C=O) groups is 1. The van der Waals surface area contributed by atoms with Crippen molar-refractivity contribution in [2.75, 3.05) is 0 Å². The second-order valence-electron chi connectivity index (χ2n) is 7.38. The van der Waals surface area contributed by atoms with Gasteiger partial charge in [-0.2, -0.15) is 0 Å². The number of nitrogens with one attached hydrogen (secondary N) is 1. The molecule has 1 aromatic carbocycles. The maximum absolute atomic E-state index is 12.0. The molecule has 1 N–H and O–H groups in total. The van der Waals surface area contributed by atoms with Crippen LogP contribution in [0.2, 0.25) is 0 Å². The zero-order valence-electron chi connectivity index (χ0n) is 17.0. The summed E-state index contributed by atoms with van der Waals surface area (Å²) in [4.78, 5) is 32.3. The average molecular weight is 429 g/mol. The van der Waals surface area contributed by atoms with Crippen LogP contribution in [-0.2, 0) is 16.0 Å². The third-order valence-corrected chi connectivity index (χ3v) is 6.41. The molecule has 0 saturated carbocycles. The Labute approximate surface area is 179 Å². The van der Waals surface area contributed by atoms with E-state index in [4.69, 9.17) is 9.73 Å². The van der Waals surface area contributed by atoms with Gasteiger partial charge < -0.3 is 10.1 Å². The molecule has 3 atom stereocenters. The van der Waals surface area contributed by atoms with Gasteiger partial charge in [0.25, 0.3) is 5.69 Å². The molecule has 1 aliphatic heterocycles. The third kappa shape index (κ3) is 4.62. The lowest BCUT2D eigenvalue weighted by atomic mass is 9.79. The van der Waals surface area contributed by atoms with Gasteiger partial charge in [0.2, 0.25) is 0 Å². The van der Waals surface area contributed by atoms with Gasteiger partial charge in [0.15, 0.2) is 0 Å². The molecule has 8 nitrogen and oxygen atoms in total. The normalized spacial score (nSPS) is 21.3. The Bertz CT molecular complexity index is 938. The molecule has 158 valence electrons. The molecule has 2 aromatic rings. The van der Waals surface area contributed by atoms with E-state index in [1.165, 1.54) is 24.8 Å². The number of benzene rings is 1. The summed E-state index contributed by atoms with van der Waals surface area (Å²) in [6, 6.07) is 10.3. The predicted molar refractivity (Wildman–Crippen MR) is 115 cm³/mol. The van der Waals surface area contributed by atoms with E-state index in [1.807, 2.05) is 32.0 Å². The number of non-ortho nitro benzene ring substituents is 1. The summed E-state index contributed by atoms with van der Waals surface area (Å²) in [6.45, 7) is 5.46. The van der Waals surface area contributed by atoms with Crippen LogP contribution in [-0.4, -0.2) is 39.2 Å². The number of hydrogen-bond donors (Lipinski definition) is 1. The summed E-state index contributed by atoms with van der Waals surface area (Å²) in [5.41, 5.74) is 0.254. The Morgan fingerprint density at radius 1 is 1.33 bits per heavy atom. The Kier molecular flexibility index (Phi) is 6.71. The zero-order chi connectivity index (χ0) is 21.7. The van der Waals surface area contributed by atoms with E-state index < -0.39 is 16.6 Å². The third-order valence-electron chi connectivity index (χ3n) is 5.14. The van der Waals surface area contributed by atoms with Gasteiger partial charge in [-0.1, -0.05) is 31.7 Å². The van der Waals surface area contributed by atoms with Crippen LogP contribution in [0.15, 0.2) is 58.7 Å². The minimum Gasteiger partial charge on any atom is -0.459 e. The number of aromatic nitrogens is 1. The van der Waals surface area contributed by atoms with Gasteiger partial charge in [0.1, 0.15) is 17.0 Å². The monoisotopic (exact) mass is 428 g/mol. The molecule has 0 amide bonds. The van der Waals surface area contributed by atoms with Crippen molar-refractivity contribution in [1.82, 2.24) is 10.3 Å². The zero-order valence-corrected chi connectivity index (χ0v) is 17.8. The molecule has 30 heavy (non-hydrogen) atoms. The van der Waals surface area contributed by atoms with Crippen LogP contribution in [0.5, 0.6) is 0 Å². The molecule has 0 saturated heterocycles. The highest BCUT2D eigenvalue weighted by molar-refractivity contribution is 8.00. The largest absolute Gasteiger partial charge is 0.459 e. The van der Waals surface area contributed by atoms with Gasteiger partial charge >= 0.3 is 5.97 Å². The number of ether oxygens (including phenoxy) is 1. The summed E-state index contributed by atoms with van der Waals surface area (Å²) in [5, 5.41) is 14.1. The number of nitro groups is 1. The van der Waals surface area contributed by atoms with E-state index in [0.29, 0.717) is 6.42 Å². The van der Waals surface area contributed by atoms with Crippen LogP contribution in [0.1, 0.15) is 26.3 Å². The van der Waals surface area contributed by atoms with Gasteiger partial charge in [0, 0.05) is 42.8 Å². The SMILES string of the molecule is CC(=O)OC(Cc1ccncc1)C1(C(C)C)N=CNC1Sc1cccc([N+](=O)[O-])c1. The van der Waals surface area contributed by atoms with Gasteiger partial charge in [0.05, 0.1) is 11.3 Å². The van der Waals surface area contributed by atoms with Crippen LogP contribution in [0, 0.1) is 16.0 Å². The summed E-state index contributed by atoms with van der Waals surface area (Å²) >= 11 is 1.44. The van der Waals surface area contributed by atoms with Gasteiger partial charge in [-0.3, -0.25) is 24.9 Å². The van der Waals surface area contributed by atoms with Crippen molar-refractivity contribution in [3.8, 4) is 0 Å². The lowest BCUT2D eigenvalue weighted by Crippen LogP contribution is -2.56. The molecule has 3 rings (SSSR count). The van der Waals surface area contributed by atoms with E-state index in [1.54, 1.807) is 30.9 Å². The van der Waals surface area contributed by atoms with Crippen molar-refractivity contribution in [3.05, 3.63) is 64.5 Å². The topological polar surface area (TPSA) is 107 Å². The first kappa shape index (κ1) is 21.8. The number of carbonyl (C=O) groups excluding carboxylic acids is 1. The average Bonchev–Trinajstić information content (AvgIpc) is 3.12. The molecule has 2 heterocycles. The van der Waals surface area contributed by atoms with Crippen LogP contribution < -0.4 is 5.32 Å². The van der Waals surface area contributed by atoms with Gasteiger partial charge in [-0.05, 0) is 29.7 Å². The first-order chi connectivity index (χ1) is 14.3. The fraction of sp³-hybridized carbons (Fsp3) is 0.381. The van der Waals surface area contributed by atoms with Crippen molar-refractivity contribution in [3.63, 3.8) is 0 Å². The maximum atomic E-state index is 12.0. The van der Waals surface area contributed by atoms with Crippen molar-refractivity contribution in [1.29, 1.82) is 0 Å². The Hall–Kier alpha value is -2.94. The Morgan fingerprint density at radius 3 is 2.70 bits per heavy atom. The second kappa shape index (κ2) is 9.25. The lowest BCUT2D eigenvalue weighted by molar-refractivity contribution is -0.385. The fourth-order valence-corrected chi connectivity index (χ4v) is 5.08. The summed E-state index contributed by atoms with van der Waals surface area (Å²) in [5.74, 6) is -0.360. The summed E-state index contributed by atoms with van der Waals surface area (Å²) < 4.78 is 5.80. The number of rotatable bonds is 8. The number of aliphatic imine (C=N–C) groups is 1. The molecule has 0 spiro atoms. The molecule has 0 fully saturated rings. The minimum atomic E-state index is -0.760. The van der Waals surface area contributed by atoms with Crippen LogP contribution in [0.4, 0.5) is 5.69 Å². The van der Waals surface area contributed by atoms with Gasteiger partial charge in [-0.15, -0.1) is 0 Å². The first-order valence-electron chi connectivity index (χ1n) is 9.60. The van der Waals surface area contributed by atoms with E-state index in [0.717, 1.165) is 10.5 Å². The predicted octanol–water partition coefficient (Wildman–Crippen LogP) is 3.61. The number of nitro benzene ring substituents is 1. The van der Waals surface area contributed by atoms with Crippen molar-refractivity contribution in [2.45, 2.75) is 49.1 Å². The van der Waals surface area contributed by atoms with E-state index >= 15 is 0 Å². The highest BCUT2D eigenvalue weighted by Gasteiger charge is 2.52. The standard InChI is InChI=1S/C21H24N4O4S/c1-14(2)21(19(29-15(3)26)11-16-7-9-22-10-8-16)20(23-13-24-21)30-18-6-4-5-17(12-18)25(27)28/h4-10,12-14,19-20H,11H2,1-3H3,(H,23,24). The molecular weight excluding hydrogens is 404 g/mol. The number of esters is 1. The second-order valence-corrected chi connectivity index (χ2v) is 8.56. The van der Waals surface area contributed by atoms with E-state index in [-0.39, 0.29) is 22.9 Å². The van der Waals surface area contributed by atoms with Gasteiger partial charge in [-0.25, -0.2) is 0 Å².